The molecule has 18 heavy (non-hydrogen) atoms. The quantitative estimate of drug-likeness (QED) is 0.861. The molecule has 2 heterocycles. The van der Waals surface area contributed by atoms with Gasteiger partial charge in [0.15, 0.2) is 0 Å². The number of hydrogen-bond acceptors (Lipinski definition) is 3. The molecule has 0 bridgehead atoms. The van der Waals surface area contributed by atoms with Crippen LogP contribution in [0.15, 0.2) is 22.0 Å². The number of nitrogens with zero attached hydrogens (tertiary/aromatic N) is 1. The summed E-state index contributed by atoms with van der Waals surface area (Å²) in [7, 11) is 1.96. The summed E-state index contributed by atoms with van der Waals surface area (Å²) in [6.07, 6.45) is 4.67. The van der Waals surface area contributed by atoms with Crippen molar-refractivity contribution in [1.82, 2.24) is 10.2 Å². The van der Waals surface area contributed by atoms with Gasteiger partial charge >= 0.3 is 0 Å². The predicted octanol–water partition coefficient (Wildman–Crippen LogP) is 2.59. The van der Waals surface area contributed by atoms with Crippen molar-refractivity contribution < 1.29 is 4.79 Å². The van der Waals surface area contributed by atoms with Crippen LogP contribution in [-0.4, -0.2) is 37.5 Å². The predicted molar refractivity (Wildman–Crippen MR) is 79.7 cm³/mol. The fourth-order valence-electron chi connectivity index (χ4n) is 2.16. The van der Waals surface area contributed by atoms with Gasteiger partial charge in [-0.1, -0.05) is 0 Å². The molecule has 1 unspecified atom stereocenters. The molecule has 1 aromatic rings. The lowest BCUT2D eigenvalue weighted by molar-refractivity contribution is -0.125. The van der Waals surface area contributed by atoms with E-state index in [1.165, 1.54) is 0 Å². The van der Waals surface area contributed by atoms with Crippen molar-refractivity contribution in [3.8, 4) is 0 Å². The molecule has 0 saturated carbocycles. The Bertz CT molecular complexity index is 444. The van der Waals surface area contributed by atoms with Crippen molar-refractivity contribution >= 4 is 39.2 Å². The van der Waals surface area contributed by atoms with Gasteiger partial charge in [0.25, 0.3) is 0 Å². The Morgan fingerprint density at radius 1 is 1.72 bits per heavy atom. The van der Waals surface area contributed by atoms with E-state index < -0.39 is 0 Å². The van der Waals surface area contributed by atoms with Gasteiger partial charge in [-0.05, 0) is 54.0 Å². The van der Waals surface area contributed by atoms with Crippen LogP contribution in [0.4, 0.5) is 0 Å². The smallest absolute Gasteiger partial charge is 0.246 e. The summed E-state index contributed by atoms with van der Waals surface area (Å²) in [6.45, 7) is 2.74. The normalized spacial score (nSPS) is 19.9. The summed E-state index contributed by atoms with van der Waals surface area (Å²) in [5.74, 6) is 0.723. The lowest BCUT2D eigenvalue weighted by Crippen LogP contribution is -2.28. The highest BCUT2D eigenvalue weighted by molar-refractivity contribution is 9.10. The van der Waals surface area contributed by atoms with E-state index in [0.717, 1.165) is 35.4 Å². The Morgan fingerprint density at radius 3 is 3.22 bits per heavy atom. The van der Waals surface area contributed by atoms with Crippen molar-refractivity contribution in [1.29, 1.82) is 0 Å². The third-order valence-corrected chi connectivity index (χ3v) is 4.73. The van der Waals surface area contributed by atoms with Gasteiger partial charge in [-0.3, -0.25) is 4.79 Å². The van der Waals surface area contributed by atoms with Gasteiger partial charge in [-0.15, -0.1) is 11.3 Å². The minimum Gasteiger partial charge on any atom is -0.339 e. The molecule has 1 aliphatic rings. The first-order valence-electron chi connectivity index (χ1n) is 6.04. The summed E-state index contributed by atoms with van der Waals surface area (Å²) in [6, 6.07) is 2.02. The number of hydrogen-bond donors (Lipinski definition) is 1. The van der Waals surface area contributed by atoms with Gasteiger partial charge in [-0.25, -0.2) is 0 Å². The molecule has 5 heteroatoms. The van der Waals surface area contributed by atoms with Crippen LogP contribution in [0.1, 0.15) is 11.3 Å². The molecule has 0 aliphatic carbocycles. The van der Waals surface area contributed by atoms with Crippen LogP contribution in [0, 0.1) is 5.92 Å². The highest BCUT2D eigenvalue weighted by Gasteiger charge is 2.24. The van der Waals surface area contributed by atoms with Gasteiger partial charge in [0.05, 0.1) is 0 Å². The lowest BCUT2D eigenvalue weighted by Gasteiger charge is -2.14. The van der Waals surface area contributed by atoms with Crippen molar-refractivity contribution in [3.05, 3.63) is 26.9 Å². The van der Waals surface area contributed by atoms with Crippen molar-refractivity contribution in [3.63, 3.8) is 0 Å². The first-order chi connectivity index (χ1) is 8.69. The maximum Gasteiger partial charge on any atom is 0.246 e. The summed E-state index contributed by atoms with van der Waals surface area (Å²) in [4.78, 5) is 15.0. The summed E-state index contributed by atoms with van der Waals surface area (Å²) < 4.78 is 1.06. The third-order valence-electron chi connectivity index (χ3n) is 3.07. The molecule has 98 valence electrons. The van der Waals surface area contributed by atoms with Crippen LogP contribution < -0.4 is 5.32 Å². The van der Waals surface area contributed by atoms with Gasteiger partial charge < -0.3 is 10.2 Å². The third kappa shape index (κ3) is 3.67. The Labute approximate surface area is 120 Å². The van der Waals surface area contributed by atoms with E-state index in [1.807, 2.05) is 29.5 Å². The molecule has 2 rings (SSSR count). The molecule has 1 fully saturated rings. The average Bonchev–Trinajstić information content (AvgIpc) is 2.96. The molecule has 0 spiro atoms. The molecule has 1 saturated heterocycles. The fraction of sp³-hybridized carbons (Fsp3) is 0.462. The maximum absolute atomic E-state index is 12.0. The summed E-state index contributed by atoms with van der Waals surface area (Å²) >= 11 is 5.03. The minimum absolute atomic E-state index is 0.123. The van der Waals surface area contributed by atoms with E-state index >= 15 is 0 Å². The minimum atomic E-state index is 0.123. The van der Waals surface area contributed by atoms with Crippen LogP contribution in [0.3, 0.4) is 0 Å². The maximum atomic E-state index is 12.0. The lowest BCUT2D eigenvalue weighted by atomic mass is 10.1. The number of likely N-dealkylation sites (tertiary alicyclic amines) is 1. The van der Waals surface area contributed by atoms with Gasteiger partial charge in [0.2, 0.25) is 5.91 Å². The van der Waals surface area contributed by atoms with E-state index in [1.54, 1.807) is 17.4 Å². The van der Waals surface area contributed by atoms with E-state index in [0.29, 0.717) is 5.92 Å². The first kappa shape index (κ1) is 13.8. The van der Waals surface area contributed by atoms with Crippen LogP contribution >= 0.6 is 27.3 Å². The van der Waals surface area contributed by atoms with Crippen LogP contribution in [-0.2, 0) is 4.79 Å². The van der Waals surface area contributed by atoms with E-state index in [-0.39, 0.29) is 5.91 Å². The Kier molecular flexibility index (Phi) is 4.97. The second-order valence-electron chi connectivity index (χ2n) is 4.50. The number of halogens is 1. The van der Waals surface area contributed by atoms with Gasteiger partial charge in [0, 0.05) is 33.9 Å². The number of rotatable bonds is 4. The molecule has 0 aromatic carbocycles. The topological polar surface area (TPSA) is 32.3 Å². The molecule has 1 aliphatic heterocycles. The Morgan fingerprint density at radius 2 is 2.56 bits per heavy atom. The number of carbonyl (C=O) groups is 1. The van der Waals surface area contributed by atoms with Crippen molar-refractivity contribution in [2.75, 3.05) is 26.7 Å². The highest BCUT2D eigenvalue weighted by atomic mass is 79.9. The molecule has 1 aromatic heterocycles. The second kappa shape index (κ2) is 6.50. The fourth-order valence-corrected chi connectivity index (χ4v) is 3.50. The molecule has 1 amide bonds. The van der Waals surface area contributed by atoms with Gasteiger partial charge in [-0.2, -0.15) is 0 Å². The first-order valence-corrected chi connectivity index (χ1v) is 7.72. The Hall–Kier alpha value is -0.650. The molecule has 0 radical (unpaired) electrons. The monoisotopic (exact) mass is 328 g/mol. The number of amides is 1. The molecule has 1 N–H and O–H groups in total. The largest absolute Gasteiger partial charge is 0.339 e. The van der Waals surface area contributed by atoms with Crippen LogP contribution in [0.2, 0.25) is 0 Å². The number of nitrogens with one attached hydrogen (secondary N) is 1. The molecule has 1 atom stereocenters. The standard InChI is InChI=1S/C13H17BrN2OS/c1-15-7-10-4-5-16(8-10)13(17)3-2-12-6-11(14)9-18-12/h2-3,6,9-10,15H,4-5,7-8H2,1H3/b3-2+. The summed E-state index contributed by atoms with van der Waals surface area (Å²) in [5, 5.41) is 5.19. The molecule has 3 nitrogen and oxygen atoms in total. The zero-order valence-electron chi connectivity index (χ0n) is 10.4. The van der Waals surface area contributed by atoms with Gasteiger partial charge in [0.1, 0.15) is 0 Å². The van der Waals surface area contributed by atoms with Crippen LogP contribution in [0.25, 0.3) is 6.08 Å². The second-order valence-corrected chi connectivity index (χ2v) is 6.36. The zero-order valence-corrected chi connectivity index (χ0v) is 12.8. The Balaban J connectivity index is 1.87. The average molecular weight is 329 g/mol. The number of carbonyl (C=O) groups excluding carboxylic acids is 1. The van der Waals surface area contributed by atoms with Crippen molar-refractivity contribution in [2.24, 2.45) is 5.92 Å². The highest BCUT2D eigenvalue weighted by Crippen LogP contribution is 2.21. The van der Waals surface area contributed by atoms with E-state index in [2.05, 4.69) is 21.2 Å². The zero-order chi connectivity index (χ0) is 13.0. The number of thiophene rings is 1. The summed E-state index contributed by atoms with van der Waals surface area (Å²) in [5.41, 5.74) is 0. The van der Waals surface area contributed by atoms with Crippen molar-refractivity contribution in [2.45, 2.75) is 6.42 Å². The van der Waals surface area contributed by atoms with E-state index in [4.69, 9.17) is 0 Å². The van der Waals surface area contributed by atoms with E-state index in [9.17, 15) is 4.79 Å². The molecular weight excluding hydrogens is 312 g/mol. The van der Waals surface area contributed by atoms with Crippen LogP contribution in [0.5, 0.6) is 0 Å². The molecular formula is C13H17BrN2OS. The SMILES string of the molecule is CNCC1CCN(C(=O)/C=C/c2cc(Br)cs2)C1.